The van der Waals surface area contributed by atoms with Crippen LogP contribution in [0.5, 0.6) is 0 Å². The van der Waals surface area contributed by atoms with Gasteiger partial charge >= 0.3 is 11.9 Å². The third-order valence-electron chi connectivity index (χ3n) is 19.8. The molecule has 0 heterocycles. The Balaban J connectivity index is 3.92. The highest BCUT2D eigenvalue weighted by molar-refractivity contribution is 5.70. The molecule has 0 aromatic heterocycles. The topological polar surface area (TPSA) is 111 Å². The minimum atomic E-state index is -1.62. The Morgan fingerprint density at radius 2 is 0.543 bits per heavy atom. The first-order valence-electron chi connectivity index (χ1n) is 42.3. The zero-order valence-corrected chi connectivity index (χ0v) is 64.1. The molecule has 0 saturated heterocycles. The second-order valence-corrected chi connectivity index (χ2v) is 30.5. The average Bonchev–Trinajstić information content (AvgIpc) is 3.75. The maximum absolute atomic E-state index is 13.0. The van der Waals surface area contributed by atoms with Crippen molar-refractivity contribution in [2.45, 2.75) is 469 Å². The number of likely N-dealkylation sites (N-methyl/N-ethyl adjacent to an activating group) is 1. The van der Waals surface area contributed by atoms with E-state index in [1.54, 1.807) is 0 Å². The Hall–Kier alpha value is -1.97. The summed E-state index contributed by atoms with van der Waals surface area (Å²) >= 11 is 0. The molecule has 2 atom stereocenters. The van der Waals surface area contributed by atoms with Crippen molar-refractivity contribution in [2.24, 2.45) is 0 Å². The van der Waals surface area contributed by atoms with Gasteiger partial charge in [-0.15, -0.1) is 0 Å². The minimum Gasteiger partial charge on any atom is -0.545 e. The summed E-state index contributed by atoms with van der Waals surface area (Å²) in [4.78, 5) is 37.6. The van der Waals surface area contributed by atoms with Gasteiger partial charge in [-0.2, -0.15) is 0 Å². The molecule has 0 amide bonds. The van der Waals surface area contributed by atoms with E-state index in [2.05, 4.69) is 26.0 Å². The van der Waals surface area contributed by atoms with Gasteiger partial charge in [0.1, 0.15) is 13.2 Å². The summed E-state index contributed by atoms with van der Waals surface area (Å²) in [7, 11) is 5.96. The predicted molar refractivity (Wildman–Crippen MR) is 403 cm³/mol. The van der Waals surface area contributed by atoms with E-state index in [9.17, 15) is 19.5 Å². The van der Waals surface area contributed by atoms with Crippen LogP contribution in [0.2, 0.25) is 0 Å². The molecule has 94 heavy (non-hydrogen) atoms. The van der Waals surface area contributed by atoms with Crippen molar-refractivity contribution in [1.82, 2.24) is 0 Å². The number of quaternary nitrogens is 1. The lowest BCUT2D eigenvalue weighted by molar-refractivity contribution is -0.870. The van der Waals surface area contributed by atoms with E-state index in [1.807, 2.05) is 21.1 Å². The van der Waals surface area contributed by atoms with Crippen molar-refractivity contribution in [3.05, 3.63) is 12.2 Å². The number of carboxylic acids is 1. The van der Waals surface area contributed by atoms with Gasteiger partial charge in [-0.25, -0.2) is 0 Å². The lowest BCUT2D eigenvalue weighted by Crippen LogP contribution is -2.44. The van der Waals surface area contributed by atoms with Crippen molar-refractivity contribution in [3.63, 3.8) is 0 Å². The highest BCUT2D eigenvalue weighted by atomic mass is 16.7. The summed E-state index contributed by atoms with van der Waals surface area (Å²) in [5, 5.41) is 11.9. The zero-order valence-electron chi connectivity index (χ0n) is 64.1. The number of unbranched alkanes of at least 4 members (excludes halogenated alkanes) is 64. The smallest absolute Gasteiger partial charge is 0.306 e. The molecular weight excluding hydrogens is 1160 g/mol. The molecule has 0 aliphatic heterocycles. The van der Waals surface area contributed by atoms with Crippen molar-refractivity contribution in [1.29, 1.82) is 0 Å². The molecule has 9 nitrogen and oxygen atoms in total. The van der Waals surface area contributed by atoms with Crippen LogP contribution in [-0.4, -0.2) is 82.3 Å². The molecule has 0 fully saturated rings. The number of aliphatic carboxylic acids is 1. The minimum absolute atomic E-state index is 0.153. The van der Waals surface area contributed by atoms with Gasteiger partial charge < -0.3 is 33.3 Å². The molecule has 0 bridgehead atoms. The number of ether oxygens (including phenoxy) is 4. The van der Waals surface area contributed by atoms with Crippen molar-refractivity contribution in [2.75, 3.05) is 47.5 Å². The van der Waals surface area contributed by atoms with Gasteiger partial charge in [0.2, 0.25) is 0 Å². The number of nitrogens with zero attached hydrogens (tertiary/aromatic N) is 1. The molecule has 0 aromatic rings. The van der Waals surface area contributed by atoms with Crippen LogP contribution in [0.1, 0.15) is 457 Å². The number of carbonyl (C=O) groups is 3. The third kappa shape index (κ3) is 77.4. The number of esters is 2. The molecule has 0 aliphatic carbocycles. The van der Waals surface area contributed by atoms with Gasteiger partial charge in [-0.1, -0.05) is 418 Å². The highest BCUT2D eigenvalue weighted by Gasteiger charge is 2.22. The van der Waals surface area contributed by atoms with Crippen LogP contribution in [0.15, 0.2) is 12.2 Å². The fourth-order valence-corrected chi connectivity index (χ4v) is 13.3. The zero-order chi connectivity index (χ0) is 68.2. The normalized spacial score (nSPS) is 12.6. The average molecular weight is 1330 g/mol. The third-order valence-corrected chi connectivity index (χ3v) is 19.8. The van der Waals surface area contributed by atoms with Crippen LogP contribution >= 0.6 is 0 Å². The van der Waals surface area contributed by atoms with Crippen molar-refractivity contribution < 1.29 is 42.9 Å². The number of hydrogen-bond acceptors (Lipinski definition) is 8. The predicted octanol–water partition coefficient (Wildman–Crippen LogP) is 25.8. The van der Waals surface area contributed by atoms with Gasteiger partial charge in [-0.05, 0) is 38.5 Å². The molecule has 0 saturated carbocycles. The summed E-state index contributed by atoms with van der Waals surface area (Å²) in [6, 6.07) is 0. The van der Waals surface area contributed by atoms with E-state index in [-0.39, 0.29) is 32.2 Å². The Kier molecular flexibility index (Phi) is 75.2. The molecule has 0 radical (unpaired) electrons. The Morgan fingerprint density at radius 1 is 0.309 bits per heavy atom. The number of rotatable bonds is 81. The summed E-state index contributed by atoms with van der Waals surface area (Å²) in [5.74, 6) is -2.24. The maximum atomic E-state index is 13.0. The molecule has 0 aliphatic rings. The Bertz CT molecular complexity index is 1550. The van der Waals surface area contributed by atoms with Crippen LogP contribution in [0, 0.1) is 0 Å². The first-order valence-corrected chi connectivity index (χ1v) is 42.3. The summed E-state index contributed by atoms with van der Waals surface area (Å²) in [6.07, 6.45) is 93.7. The first kappa shape index (κ1) is 92.0. The van der Waals surface area contributed by atoms with Crippen LogP contribution in [0.3, 0.4) is 0 Å². The SMILES string of the molecule is CCCCCCCCCC/C=C\CCCCCCCCCCCCCCCCCCCCCCCCCCCC(=O)OC(COC(=O)CCCCCCCCCCCCCCCCCCCCCCCCCCCCCCCCCC)COC(OCC[N+](C)(C)C)C(=O)[O-]. The van der Waals surface area contributed by atoms with Crippen LogP contribution < -0.4 is 5.11 Å². The van der Waals surface area contributed by atoms with Crippen molar-refractivity contribution in [3.8, 4) is 0 Å². The fourth-order valence-electron chi connectivity index (χ4n) is 13.3. The van der Waals surface area contributed by atoms with Gasteiger partial charge in [0, 0.05) is 12.8 Å². The molecule has 0 rings (SSSR count). The molecule has 2 unspecified atom stereocenters. The molecular formula is C85H165NO8. The number of hydrogen-bond donors (Lipinski definition) is 0. The molecule has 0 N–H and O–H groups in total. The second-order valence-electron chi connectivity index (χ2n) is 30.5. The number of carbonyl (C=O) groups excluding carboxylic acids is 3. The largest absolute Gasteiger partial charge is 0.545 e. The Morgan fingerprint density at radius 3 is 0.787 bits per heavy atom. The summed E-state index contributed by atoms with van der Waals surface area (Å²) in [5.41, 5.74) is 0. The first-order chi connectivity index (χ1) is 46.1. The number of allylic oxidation sites excluding steroid dienone is 2. The molecule has 9 heteroatoms. The monoisotopic (exact) mass is 1330 g/mol. The van der Waals surface area contributed by atoms with Crippen molar-refractivity contribution >= 4 is 17.9 Å². The van der Waals surface area contributed by atoms with Crippen LogP contribution in [-0.2, 0) is 33.3 Å². The lowest BCUT2D eigenvalue weighted by Gasteiger charge is -2.26. The number of carboxylic acid groups (broad SMARTS) is 1. The van der Waals surface area contributed by atoms with E-state index in [0.717, 1.165) is 38.5 Å². The van der Waals surface area contributed by atoms with Gasteiger partial charge in [0.15, 0.2) is 12.4 Å². The van der Waals surface area contributed by atoms with Crippen LogP contribution in [0.25, 0.3) is 0 Å². The molecule has 558 valence electrons. The Labute approximate surface area is 586 Å². The van der Waals surface area contributed by atoms with E-state index in [4.69, 9.17) is 18.9 Å². The quantitative estimate of drug-likeness (QED) is 0.0195. The van der Waals surface area contributed by atoms with Crippen LogP contribution in [0.4, 0.5) is 0 Å². The standard InChI is InChI=1S/C85H165NO8/c1-6-8-10-12-14-16-18-20-22-24-26-28-30-32-34-36-38-40-41-42-43-44-46-48-50-52-54-56-58-60-62-64-66-68-70-72-74-76-83(88)94-81(80-93-85(84(89)90)91-78-77-86(3,4)5)79-92-82(87)75-73-71-69-67-65-63-61-59-57-55-53-51-49-47-45-39-37-35-33-31-29-27-25-23-21-19-17-15-13-11-9-7-2/h24,26,81,85H,6-23,25,27-80H2,1-5H3/b26-24-. The van der Waals surface area contributed by atoms with E-state index in [0.29, 0.717) is 17.4 Å². The van der Waals surface area contributed by atoms with Gasteiger partial charge in [0.25, 0.3) is 0 Å². The molecule has 0 aromatic carbocycles. The van der Waals surface area contributed by atoms with E-state index >= 15 is 0 Å². The fraction of sp³-hybridized carbons (Fsp3) is 0.941. The maximum Gasteiger partial charge on any atom is 0.306 e. The van der Waals surface area contributed by atoms with E-state index < -0.39 is 24.3 Å². The van der Waals surface area contributed by atoms with Gasteiger partial charge in [0.05, 0.1) is 40.3 Å². The van der Waals surface area contributed by atoms with E-state index in [1.165, 1.54) is 392 Å². The van der Waals surface area contributed by atoms with Gasteiger partial charge in [-0.3, -0.25) is 9.59 Å². The highest BCUT2D eigenvalue weighted by Crippen LogP contribution is 2.21. The second kappa shape index (κ2) is 76.8. The summed E-state index contributed by atoms with van der Waals surface area (Å²) in [6.45, 7) is 4.85. The summed E-state index contributed by atoms with van der Waals surface area (Å²) < 4.78 is 22.9. The lowest BCUT2D eigenvalue weighted by atomic mass is 10.0. The molecule has 0 spiro atoms.